The monoisotopic (exact) mass is 465 g/mol. The summed E-state index contributed by atoms with van der Waals surface area (Å²) in [6, 6.07) is 20.8. The topological polar surface area (TPSA) is 63.0 Å². The van der Waals surface area contributed by atoms with Gasteiger partial charge in [0.05, 0.1) is 11.7 Å². The van der Waals surface area contributed by atoms with Crippen molar-refractivity contribution in [2.24, 2.45) is 0 Å². The summed E-state index contributed by atoms with van der Waals surface area (Å²) in [4.78, 5) is 9.38. The van der Waals surface area contributed by atoms with Gasteiger partial charge in [-0.25, -0.2) is 0 Å². The number of hydrogen-bond donors (Lipinski definition) is 0. The molecule has 3 heterocycles. The highest BCUT2D eigenvalue weighted by Gasteiger charge is 2.31. The molecule has 0 radical (unpaired) electrons. The molecule has 2 aromatic carbocycles. The lowest BCUT2D eigenvalue weighted by Crippen LogP contribution is -2.48. The van der Waals surface area contributed by atoms with Crippen molar-refractivity contribution < 1.29 is 0 Å². The van der Waals surface area contributed by atoms with E-state index < -0.39 is 0 Å². The van der Waals surface area contributed by atoms with Gasteiger partial charge in [0.2, 0.25) is 0 Å². The Kier molecular flexibility index (Phi) is 7.07. The van der Waals surface area contributed by atoms with E-state index in [1.807, 2.05) is 29.2 Å². The highest BCUT2D eigenvalue weighted by atomic mass is 15.6. The molecule has 35 heavy (non-hydrogen) atoms. The van der Waals surface area contributed by atoms with E-state index >= 15 is 0 Å². The molecule has 2 aromatic heterocycles. The van der Waals surface area contributed by atoms with Gasteiger partial charge in [-0.3, -0.25) is 14.8 Å². The summed E-state index contributed by atoms with van der Waals surface area (Å²) in [5, 5.41) is 13.1. The van der Waals surface area contributed by atoms with Gasteiger partial charge >= 0.3 is 0 Å². The molecule has 0 aliphatic carbocycles. The normalized spacial score (nSPS) is 16.1. The summed E-state index contributed by atoms with van der Waals surface area (Å²) in [6.07, 6.45) is 8.20. The molecule has 1 atom stereocenters. The van der Waals surface area contributed by atoms with Gasteiger partial charge in [0.15, 0.2) is 5.82 Å². The molecular formula is C28H31N7. The first-order valence-electron chi connectivity index (χ1n) is 12.1. The second kappa shape index (κ2) is 10.7. The maximum absolute atomic E-state index is 4.54. The largest absolute Gasteiger partial charge is 0.297 e. The van der Waals surface area contributed by atoms with E-state index in [9.17, 15) is 0 Å². The van der Waals surface area contributed by atoms with Gasteiger partial charge in [-0.1, -0.05) is 66.7 Å². The van der Waals surface area contributed by atoms with Crippen molar-refractivity contribution in [1.29, 1.82) is 0 Å². The fourth-order valence-corrected chi connectivity index (χ4v) is 4.83. The van der Waals surface area contributed by atoms with Crippen LogP contribution in [-0.2, 0) is 0 Å². The zero-order chi connectivity index (χ0) is 24.0. The summed E-state index contributed by atoms with van der Waals surface area (Å²) in [7, 11) is 0. The fraction of sp³-hybridized carbons (Fsp3) is 0.286. The van der Waals surface area contributed by atoms with Crippen LogP contribution < -0.4 is 0 Å². The molecule has 0 saturated carbocycles. The van der Waals surface area contributed by atoms with E-state index in [2.05, 4.69) is 105 Å². The van der Waals surface area contributed by atoms with Gasteiger partial charge < -0.3 is 0 Å². The molecule has 0 unspecified atom stereocenters. The van der Waals surface area contributed by atoms with Gasteiger partial charge in [0.1, 0.15) is 0 Å². The molecule has 1 aliphatic heterocycles. The number of tetrazole rings is 1. The highest BCUT2D eigenvalue weighted by molar-refractivity contribution is 5.49. The van der Waals surface area contributed by atoms with E-state index in [0.717, 1.165) is 60.9 Å². The lowest BCUT2D eigenvalue weighted by Gasteiger charge is -2.38. The van der Waals surface area contributed by atoms with Crippen LogP contribution in [0, 0.1) is 13.8 Å². The van der Waals surface area contributed by atoms with Crippen molar-refractivity contribution in [2.75, 3.05) is 32.7 Å². The second-order valence-electron chi connectivity index (χ2n) is 9.03. The molecule has 5 rings (SSSR count). The van der Waals surface area contributed by atoms with Crippen LogP contribution in [0.1, 0.15) is 34.1 Å². The lowest BCUT2D eigenvalue weighted by atomic mass is 10.0. The van der Waals surface area contributed by atoms with Crippen LogP contribution in [0.5, 0.6) is 0 Å². The molecule has 7 heteroatoms. The number of rotatable bonds is 7. The minimum atomic E-state index is -0.0697. The van der Waals surface area contributed by atoms with Crippen molar-refractivity contribution in [3.63, 3.8) is 0 Å². The van der Waals surface area contributed by atoms with E-state index in [1.54, 1.807) is 0 Å². The number of hydrogen-bond acceptors (Lipinski definition) is 6. The van der Waals surface area contributed by atoms with Crippen LogP contribution in [0.25, 0.3) is 11.8 Å². The van der Waals surface area contributed by atoms with E-state index in [4.69, 9.17) is 0 Å². The maximum Gasteiger partial charge on any atom is 0.178 e. The lowest BCUT2D eigenvalue weighted by molar-refractivity contribution is 0.113. The Hall–Kier alpha value is -3.68. The number of benzene rings is 2. The molecule has 1 aliphatic rings. The first-order valence-corrected chi connectivity index (χ1v) is 12.1. The minimum absolute atomic E-state index is 0.0697. The van der Waals surface area contributed by atoms with Gasteiger partial charge in [-0.2, -0.15) is 4.68 Å². The highest BCUT2D eigenvalue weighted by Crippen LogP contribution is 2.30. The first-order chi connectivity index (χ1) is 17.2. The zero-order valence-electron chi connectivity index (χ0n) is 20.3. The number of aryl methyl sites for hydroxylation is 2. The molecule has 1 saturated heterocycles. The SMILES string of the molecule is Cc1cccc(C)c1-n1nnnc1[C@H](c1cccnc1)N1CCN(CC=Cc2ccccc2)CC1. The van der Waals surface area contributed by atoms with Crippen molar-refractivity contribution >= 4 is 6.08 Å². The maximum atomic E-state index is 4.54. The van der Waals surface area contributed by atoms with E-state index in [0.29, 0.717) is 0 Å². The van der Waals surface area contributed by atoms with Gasteiger partial charge in [-0.05, 0) is 52.6 Å². The van der Waals surface area contributed by atoms with Gasteiger partial charge in [0, 0.05) is 45.1 Å². The Morgan fingerprint density at radius 1 is 0.886 bits per heavy atom. The quantitative estimate of drug-likeness (QED) is 0.410. The average molecular weight is 466 g/mol. The van der Waals surface area contributed by atoms with Crippen molar-refractivity contribution in [2.45, 2.75) is 19.9 Å². The summed E-state index contributed by atoms with van der Waals surface area (Å²) in [6.45, 7) is 8.99. The Bertz CT molecular complexity index is 1240. The van der Waals surface area contributed by atoms with Crippen LogP contribution in [-0.4, -0.2) is 67.7 Å². The third-order valence-corrected chi connectivity index (χ3v) is 6.64. The summed E-state index contributed by atoms with van der Waals surface area (Å²) >= 11 is 0. The summed E-state index contributed by atoms with van der Waals surface area (Å²) in [5.74, 6) is 0.827. The fourth-order valence-electron chi connectivity index (χ4n) is 4.83. The molecule has 0 amide bonds. The molecule has 4 aromatic rings. The smallest absolute Gasteiger partial charge is 0.178 e. The molecule has 0 spiro atoms. The third-order valence-electron chi connectivity index (χ3n) is 6.64. The van der Waals surface area contributed by atoms with Gasteiger partial charge in [-0.15, -0.1) is 5.10 Å². The van der Waals surface area contributed by atoms with Crippen LogP contribution in [0.15, 0.2) is 79.1 Å². The zero-order valence-corrected chi connectivity index (χ0v) is 20.3. The summed E-state index contributed by atoms with van der Waals surface area (Å²) < 4.78 is 1.91. The minimum Gasteiger partial charge on any atom is -0.297 e. The van der Waals surface area contributed by atoms with Crippen molar-refractivity contribution in [3.05, 3.63) is 107 Å². The van der Waals surface area contributed by atoms with Gasteiger partial charge in [0.25, 0.3) is 0 Å². The summed E-state index contributed by atoms with van der Waals surface area (Å²) in [5.41, 5.74) is 5.69. The van der Waals surface area contributed by atoms with Crippen molar-refractivity contribution in [1.82, 2.24) is 35.0 Å². The Morgan fingerprint density at radius 3 is 2.37 bits per heavy atom. The predicted octanol–water partition coefficient (Wildman–Crippen LogP) is 4.09. The standard InChI is InChI=1S/C28H31N7/c1-22-9-6-10-23(2)26(22)35-28(30-31-32-35)27(25-14-7-15-29-21-25)34-19-17-33(18-20-34)16-8-13-24-11-4-3-5-12-24/h3-15,21,27H,16-20H2,1-2H3/t27-/m0/s1. The number of piperazine rings is 1. The van der Waals surface area contributed by atoms with Crippen LogP contribution in [0.3, 0.4) is 0 Å². The predicted molar refractivity (Wildman–Crippen MR) is 138 cm³/mol. The Morgan fingerprint density at radius 2 is 1.66 bits per heavy atom. The van der Waals surface area contributed by atoms with Crippen LogP contribution >= 0.6 is 0 Å². The Balaban J connectivity index is 1.37. The number of aromatic nitrogens is 5. The van der Waals surface area contributed by atoms with E-state index in [-0.39, 0.29) is 6.04 Å². The third kappa shape index (κ3) is 5.21. The second-order valence-corrected chi connectivity index (χ2v) is 9.03. The van der Waals surface area contributed by atoms with E-state index in [1.165, 1.54) is 5.56 Å². The molecule has 0 bridgehead atoms. The number of pyridine rings is 1. The number of para-hydroxylation sites is 1. The molecule has 1 fully saturated rings. The molecule has 7 nitrogen and oxygen atoms in total. The molecule has 178 valence electrons. The first kappa shape index (κ1) is 23.1. The van der Waals surface area contributed by atoms with Crippen molar-refractivity contribution in [3.8, 4) is 5.69 Å². The van der Waals surface area contributed by atoms with Crippen LogP contribution in [0.2, 0.25) is 0 Å². The average Bonchev–Trinajstić information content (AvgIpc) is 3.35. The molecular weight excluding hydrogens is 434 g/mol. The number of nitrogens with zero attached hydrogens (tertiary/aromatic N) is 7. The molecule has 0 N–H and O–H groups in total. The Labute approximate surface area is 206 Å². The van der Waals surface area contributed by atoms with Crippen LogP contribution in [0.4, 0.5) is 0 Å².